The summed E-state index contributed by atoms with van der Waals surface area (Å²) in [5.41, 5.74) is 1.31. The lowest BCUT2D eigenvalue weighted by Gasteiger charge is -2.19. The molecule has 2 atom stereocenters. The minimum Gasteiger partial charge on any atom is -0.491 e. The third-order valence-electron chi connectivity index (χ3n) is 4.07. The Morgan fingerprint density at radius 3 is 2.62 bits per heavy atom. The molecule has 1 aliphatic rings. The molecule has 1 saturated heterocycles. The molecular formula is C18H29NO2. The summed E-state index contributed by atoms with van der Waals surface area (Å²) in [5, 5.41) is 3.49. The van der Waals surface area contributed by atoms with Crippen molar-refractivity contribution < 1.29 is 9.47 Å². The van der Waals surface area contributed by atoms with Gasteiger partial charge in [-0.15, -0.1) is 0 Å². The van der Waals surface area contributed by atoms with Crippen LogP contribution in [0.2, 0.25) is 0 Å². The number of hydrogen-bond donors (Lipinski definition) is 1. The van der Waals surface area contributed by atoms with Crippen LogP contribution in [0, 0.1) is 0 Å². The van der Waals surface area contributed by atoms with Crippen molar-refractivity contribution in [1.82, 2.24) is 5.32 Å². The maximum Gasteiger partial charge on any atom is 0.119 e. The molecule has 0 aromatic heterocycles. The second-order valence-electron chi connectivity index (χ2n) is 6.59. The zero-order valence-corrected chi connectivity index (χ0v) is 13.8. The van der Waals surface area contributed by atoms with Gasteiger partial charge in [-0.05, 0) is 64.3 Å². The van der Waals surface area contributed by atoms with Gasteiger partial charge in [-0.1, -0.05) is 19.1 Å². The van der Waals surface area contributed by atoms with Gasteiger partial charge < -0.3 is 14.8 Å². The zero-order valence-electron chi connectivity index (χ0n) is 13.8. The standard InChI is InChI=1S/C18H29NO2/c1-5-12-19-14(2)15-6-8-16(9-7-15)20-13-17-10-11-18(3,4)21-17/h6-9,14,17,19H,5,10-13H2,1-4H3. The molecule has 1 aliphatic heterocycles. The van der Waals surface area contributed by atoms with E-state index in [-0.39, 0.29) is 11.7 Å². The number of benzene rings is 1. The average Bonchev–Trinajstić information content (AvgIpc) is 2.82. The van der Waals surface area contributed by atoms with E-state index in [2.05, 4.69) is 57.3 Å². The Bertz CT molecular complexity index is 427. The first kappa shape index (κ1) is 16.3. The lowest BCUT2D eigenvalue weighted by Crippen LogP contribution is -2.23. The Morgan fingerprint density at radius 1 is 1.33 bits per heavy atom. The highest BCUT2D eigenvalue weighted by Gasteiger charge is 2.31. The van der Waals surface area contributed by atoms with E-state index in [0.29, 0.717) is 12.6 Å². The summed E-state index contributed by atoms with van der Waals surface area (Å²) < 4.78 is 11.8. The van der Waals surface area contributed by atoms with Crippen molar-refractivity contribution in [3.63, 3.8) is 0 Å². The molecule has 0 spiro atoms. The molecule has 1 heterocycles. The summed E-state index contributed by atoms with van der Waals surface area (Å²) in [6.07, 6.45) is 3.58. The van der Waals surface area contributed by atoms with Crippen LogP contribution in [0.4, 0.5) is 0 Å². The van der Waals surface area contributed by atoms with Gasteiger partial charge in [-0.2, -0.15) is 0 Å². The van der Waals surface area contributed by atoms with Crippen LogP contribution in [0.25, 0.3) is 0 Å². The van der Waals surface area contributed by atoms with Gasteiger partial charge in [0.1, 0.15) is 12.4 Å². The molecule has 1 fully saturated rings. The van der Waals surface area contributed by atoms with Gasteiger partial charge in [0, 0.05) is 6.04 Å². The molecule has 0 aliphatic carbocycles. The lowest BCUT2D eigenvalue weighted by atomic mass is 10.1. The maximum absolute atomic E-state index is 5.94. The first-order valence-electron chi connectivity index (χ1n) is 8.14. The molecule has 118 valence electrons. The van der Waals surface area contributed by atoms with Crippen molar-refractivity contribution in [2.45, 2.75) is 64.7 Å². The monoisotopic (exact) mass is 291 g/mol. The van der Waals surface area contributed by atoms with E-state index >= 15 is 0 Å². The molecule has 2 rings (SSSR count). The summed E-state index contributed by atoms with van der Waals surface area (Å²) >= 11 is 0. The highest BCUT2D eigenvalue weighted by atomic mass is 16.6. The van der Waals surface area contributed by atoms with E-state index in [1.807, 2.05) is 0 Å². The maximum atomic E-state index is 5.94. The summed E-state index contributed by atoms with van der Waals surface area (Å²) in [7, 11) is 0. The lowest BCUT2D eigenvalue weighted by molar-refractivity contribution is -0.0326. The van der Waals surface area contributed by atoms with E-state index in [1.54, 1.807) is 0 Å². The minimum atomic E-state index is 0.0122. The Labute approximate surface area is 129 Å². The van der Waals surface area contributed by atoms with Gasteiger partial charge in [-0.25, -0.2) is 0 Å². The number of rotatable bonds is 7. The predicted octanol–water partition coefficient (Wildman–Crippen LogP) is 4.08. The largest absolute Gasteiger partial charge is 0.491 e. The second-order valence-corrected chi connectivity index (χ2v) is 6.59. The summed E-state index contributed by atoms with van der Waals surface area (Å²) in [4.78, 5) is 0. The average molecular weight is 291 g/mol. The van der Waals surface area contributed by atoms with Crippen LogP contribution in [-0.2, 0) is 4.74 Å². The van der Waals surface area contributed by atoms with Gasteiger partial charge in [0.05, 0.1) is 11.7 Å². The van der Waals surface area contributed by atoms with E-state index < -0.39 is 0 Å². The zero-order chi connectivity index (χ0) is 15.3. The second kappa shape index (κ2) is 7.28. The van der Waals surface area contributed by atoms with E-state index in [9.17, 15) is 0 Å². The summed E-state index contributed by atoms with van der Waals surface area (Å²) in [6, 6.07) is 8.78. The molecule has 21 heavy (non-hydrogen) atoms. The fourth-order valence-electron chi connectivity index (χ4n) is 2.72. The van der Waals surface area contributed by atoms with Crippen LogP contribution >= 0.6 is 0 Å². The summed E-state index contributed by atoms with van der Waals surface area (Å²) in [6.45, 7) is 10.4. The molecule has 2 unspecified atom stereocenters. The van der Waals surface area contributed by atoms with Gasteiger partial charge in [0.2, 0.25) is 0 Å². The quantitative estimate of drug-likeness (QED) is 0.821. The number of ether oxygens (including phenoxy) is 2. The normalized spacial score (nSPS) is 22.2. The van der Waals surface area contributed by atoms with Crippen LogP contribution < -0.4 is 10.1 Å². The Kier molecular flexibility index (Phi) is 5.65. The van der Waals surface area contributed by atoms with E-state index in [4.69, 9.17) is 9.47 Å². The van der Waals surface area contributed by atoms with Crippen molar-refractivity contribution in [1.29, 1.82) is 0 Å². The van der Waals surface area contributed by atoms with Crippen LogP contribution in [-0.4, -0.2) is 24.9 Å². The molecule has 3 nitrogen and oxygen atoms in total. The minimum absolute atomic E-state index is 0.0122. The van der Waals surface area contributed by atoms with Crippen molar-refractivity contribution in [2.75, 3.05) is 13.2 Å². The molecule has 3 heteroatoms. The van der Waals surface area contributed by atoms with E-state index in [1.165, 1.54) is 5.56 Å². The van der Waals surface area contributed by atoms with Crippen molar-refractivity contribution in [2.24, 2.45) is 0 Å². The van der Waals surface area contributed by atoms with Gasteiger partial charge in [0.25, 0.3) is 0 Å². The topological polar surface area (TPSA) is 30.5 Å². The SMILES string of the molecule is CCCNC(C)c1ccc(OCC2CCC(C)(C)O2)cc1. The first-order chi connectivity index (χ1) is 10.00. The number of hydrogen-bond acceptors (Lipinski definition) is 3. The van der Waals surface area contributed by atoms with Crippen molar-refractivity contribution >= 4 is 0 Å². The third-order valence-corrected chi connectivity index (χ3v) is 4.07. The van der Waals surface area contributed by atoms with Crippen molar-refractivity contribution in [3.05, 3.63) is 29.8 Å². The first-order valence-corrected chi connectivity index (χ1v) is 8.14. The van der Waals surface area contributed by atoms with Crippen LogP contribution in [0.15, 0.2) is 24.3 Å². The Morgan fingerprint density at radius 2 is 2.05 bits per heavy atom. The molecule has 0 saturated carbocycles. The molecule has 0 amide bonds. The Balaban J connectivity index is 1.80. The molecule has 1 aromatic carbocycles. The Hall–Kier alpha value is -1.06. The van der Waals surface area contributed by atoms with Crippen LogP contribution in [0.1, 0.15) is 58.6 Å². The fourth-order valence-corrected chi connectivity index (χ4v) is 2.72. The van der Waals surface area contributed by atoms with Gasteiger partial charge in [-0.3, -0.25) is 0 Å². The highest BCUT2D eigenvalue weighted by Crippen LogP contribution is 2.29. The smallest absolute Gasteiger partial charge is 0.119 e. The third kappa shape index (κ3) is 5.01. The van der Waals surface area contributed by atoms with Crippen LogP contribution in [0.5, 0.6) is 5.75 Å². The van der Waals surface area contributed by atoms with Crippen molar-refractivity contribution in [3.8, 4) is 5.75 Å². The number of nitrogens with one attached hydrogen (secondary N) is 1. The summed E-state index contributed by atoms with van der Waals surface area (Å²) in [5.74, 6) is 0.926. The molecule has 1 aromatic rings. The highest BCUT2D eigenvalue weighted by molar-refractivity contribution is 5.29. The van der Waals surface area contributed by atoms with Gasteiger partial charge in [0.15, 0.2) is 0 Å². The van der Waals surface area contributed by atoms with Crippen LogP contribution in [0.3, 0.4) is 0 Å². The molecule has 0 bridgehead atoms. The van der Waals surface area contributed by atoms with Gasteiger partial charge >= 0.3 is 0 Å². The molecule has 1 N–H and O–H groups in total. The molecule has 0 radical (unpaired) electrons. The fraction of sp³-hybridized carbons (Fsp3) is 0.667. The van der Waals surface area contributed by atoms with E-state index in [0.717, 1.165) is 31.6 Å². The predicted molar refractivity (Wildman–Crippen MR) is 86.8 cm³/mol. The molecular weight excluding hydrogens is 262 g/mol.